The highest BCUT2D eigenvalue weighted by atomic mass is 32.2. The first-order chi connectivity index (χ1) is 15.2. The third kappa shape index (κ3) is 5.81. The van der Waals surface area contributed by atoms with E-state index in [-0.39, 0.29) is 26.7 Å². The SMILES string of the molecule is CC(C)Sc1nnc(NC(=O)CN(c2cccc([N+](=O)[O-])c2)S(=O)(=O)c2ccccc2)s1. The van der Waals surface area contributed by atoms with Gasteiger partial charge in [0.25, 0.3) is 15.7 Å². The number of non-ortho nitro benzene ring substituents is 1. The summed E-state index contributed by atoms with van der Waals surface area (Å²) in [6.07, 6.45) is 0. The third-order valence-electron chi connectivity index (χ3n) is 3.94. The van der Waals surface area contributed by atoms with E-state index in [0.717, 1.165) is 10.4 Å². The van der Waals surface area contributed by atoms with Crippen molar-refractivity contribution in [2.24, 2.45) is 0 Å². The molecule has 0 aliphatic carbocycles. The average Bonchev–Trinajstić information content (AvgIpc) is 3.18. The molecular formula is C19H19N5O5S3. The lowest BCUT2D eigenvalue weighted by molar-refractivity contribution is -0.384. The molecule has 0 saturated heterocycles. The Labute approximate surface area is 192 Å². The van der Waals surface area contributed by atoms with Gasteiger partial charge in [-0.05, 0) is 18.2 Å². The normalized spacial score (nSPS) is 11.3. The number of nitro benzene ring substituents is 1. The van der Waals surface area contributed by atoms with Gasteiger partial charge >= 0.3 is 0 Å². The molecule has 0 unspecified atom stereocenters. The molecule has 3 aromatic rings. The quantitative estimate of drug-likeness (QED) is 0.206. The second kappa shape index (κ2) is 10.1. The van der Waals surface area contributed by atoms with E-state index in [1.54, 1.807) is 18.2 Å². The number of benzene rings is 2. The number of hydrogen-bond donors (Lipinski definition) is 1. The van der Waals surface area contributed by atoms with Crippen molar-refractivity contribution in [2.75, 3.05) is 16.2 Å². The smallest absolute Gasteiger partial charge is 0.271 e. The van der Waals surface area contributed by atoms with Crippen LogP contribution in [0.3, 0.4) is 0 Å². The number of sulfonamides is 1. The monoisotopic (exact) mass is 493 g/mol. The van der Waals surface area contributed by atoms with E-state index < -0.39 is 27.4 Å². The number of thioether (sulfide) groups is 1. The zero-order chi connectivity index (χ0) is 23.3. The van der Waals surface area contributed by atoms with Crippen molar-refractivity contribution >= 4 is 55.5 Å². The molecule has 0 spiro atoms. The van der Waals surface area contributed by atoms with Gasteiger partial charge in [0.2, 0.25) is 11.0 Å². The van der Waals surface area contributed by atoms with Crippen LogP contribution in [0.4, 0.5) is 16.5 Å². The molecule has 0 aliphatic heterocycles. The molecule has 3 rings (SSSR count). The van der Waals surface area contributed by atoms with E-state index >= 15 is 0 Å². The lowest BCUT2D eigenvalue weighted by Crippen LogP contribution is -2.38. The molecule has 10 nitrogen and oxygen atoms in total. The third-order valence-corrected chi connectivity index (χ3v) is 7.65. The van der Waals surface area contributed by atoms with Crippen LogP contribution in [-0.2, 0) is 14.8 Å². The van der Waals surface area contributed by atoms with Crippen LogP contribution in [0.5, 0.6) is 0 Å². The number of carbonyl (C=O) groups excluding carboxylic acids is 1. The van der Waals surface area contributed by atoms with Crippen LogP contribution in [-0.4, -0.2) is 41.2 Å². The largest absolute Gasteiger partial charge is 0.299 e. The number of hydrogen-bond acceptors (Lipinski definition) is 9. The van der Waals surface area contributed by atoms with Gasteiger partial charge in [0.15, 0.2) is 4.34 Å². The van der Waals surface area contributed by atoms with E-state index in [4.69, 9.17) is 0 Å². The maximum absolute atomic E-state index is 13.3. The van der Waals surface area contributed by atoms with Crippen LogP contribution >= 0.6 is 23.1 Å². The number of rotatable bonds is 9. The highest BCUT2D eigenvalue weighted by Crippen LogP contribution is 2.29. The minimum Gasteiger partial charge on any atom is -0.299 e. The molecule has 32 heavy (non-hydrogen) atoms. The standard InChI is InChI=1S/C19H19N5O5S3/c1-13(2)30-19-22-21-18(31-19)20-17(25)12-23(14-7-6-8-15(11-14)24(26)27)32(28,29)16-9-4-3-5-10-16/h3-11,13H,12H2,1-2H3,(H,20,21,25). The summed E-state index contributed by atoms with van der Waals surface area (Å²) in [5, 5.41) is 22.1. The van der Waals surface area contributed by atoms with Gasteiger partial charge in [0, 0.05) is 17.4 Å². The zero-order valence-electron chi connectivity index (χ0n) is 17.0. The van der Waals surface area contributed by atoms with Crippen molar-refractivity contribution in [2.45, 2.75) is 28.3 Å². The van der Waals surface area contributed by atoms with Crippen LogP contribution in [0.15, 0.2) is 63.8 Å². The highest BCUT2D eigenvalue weighted by molar-refractivity contribution is 8.01. The maximum atomic E-state index is 13.3. The van der Waals surface area contributed by atoms with Crippen molar-refractivity contribution in [3.05, 3.63) is 64.7 Å². The minimum absolute atomic E-state index is 0.00785. The van der Waals surface area contributed by atoms with E-state index in [1.807, 2.05) is 13.8 Å². The van der Waals surface area contributed by atoms with Gasteiger partial charge in [-0.2, -0.15) is 0 Å². The topological polar surface area (TPSA) is 135 Å². The molecule has 1 amide bonds. The van der Waals surface area contributed by atoms with E-state index in [2.05, 4.69) is 15.5 Å². The van der Waals surface area contributed by atoms with Gasteiger partial charge in [-0.25, -0.2) is 8.42 Å². The van der Waals surface area contributed by atoms with E-state index in [1.165, 1.54) is 53.4 Å². The number of nitrogens with one attached hydrogen (secondary N) is 1. The Hall–Kier alpha value is -3.03. The van der Waals surface area contributed by atoms with Crippen molar-refractivity contribution in [3.63, 3.8) is 0 Å². The molecule has 0 saturated carbocycles. The Balaban J connectivity index is 1.91. The van der Waals surface area contributed by atoms with Crippen molar-refractivity contribution in [3.8, 4) is 0 Å². The molecule has 13 heteroatoms. The molecule has 168 valence electrons. The molecular weight excluding hydrogens is 474 g/mol. The maximum Gasteiger partial charge on any atom is 0.271 e. The number of nitrogens with zero attached hydrogens (tertiary/aromatic N) is 4. The van der Waals surface area contributed by atoms with Crippen LogP contribution in [0.2, 0.25) is 0 Å². The molecule has 0 atom stereocenters. The molecule has 0 fully saturated rings. The summed E-state index contributed by atoms with van der Waals surface area (Å²) >= 11 is 2.66. The first kappa shape index (κ1) is 23.6. The summed E-state index contributed by atoms with van der Waals surface area (Å²) in [5.74, 6) is -0.659. The number of carbonyl (C=O) groups is 1. The van der Waals surface area contributed by atoms with Gasteiger partial charge in [-0.1, -0.05) is 61.2 Å². The molecule has 1 N–H and O–H groups in total. The first-order valence-corrected chi connectivity index (χ1v) is 12.4. The number of anilines is 2. The van der Waals surface area contributed by atoms with Crippen LogP contribution in [0.25, 0.3) is 0 Å². The number of nitro groups is 1. The lowest BCUT2D eigenvalue weighted by Gasteiger charge is -2.23. The molecule has 0 radical (unpaired) electrons. The lowest BCUT2D eigenvalue weighted by atomic mass is 10.3. The first-order valence-electron chi connectivity index (χ1n) is 9.29. The Morgan fingerprint density at radius 2 is 1.91 bits per heavy atom. The summed E-state index contributed by atoms with van der Waals surface area (Å²) in [5.41, 5.74) is -0.304. The van der Waals surface area contributed by atoms with Crippen LogP contribution in [0.1, 0.15) is 13.8 Å². The Kier molecular flexibility index (Phi) is 7.43. The van der Waals surface area contributed by atoms with Gasteiger partial charge in [-0.15, -0.1) is 10.2 Å². The molecule has 1 heterocycles. The summed E-state index contributed by atoms with van der Waals surface area (Å²) < 4.78 is 28.0. The van der Waals surface area contributed by atoms with Crippen LogP contribution in [0, 0.1) is 10.1 Å². The van der Waals surface area contributed by atoms with Crippen molar-refractivity contribution in [1.82, 2.24) is 10.2 Å². The predicted octanol–water partition coefficient (Wildman–Crippen LogP) is 3.78. The van der Waals surface area contributed by atoms with Gasteiger partial charge in [0.1, 0.15) is 6.54 Å². The summed E-state index contributed by atoms with van der Waals surface area (Å²) in [6, 6.07) is 12.6. The van der Waals surface area contributed by atoms with Gasteiger partial charge < -0.3 is 0 Å². The minimum atomic E-state index is -4.18. The summed E-state index contributed by atoms with van der Waals surface area (Å²) in [7, 11) is -4.18. The second-order valence-corrected chi connectivity index (χ2v) is 11.4. The number of amides is 1. The Morgan fingerprint density at radius 3 is 2.56 bits per heavy atom. The van der Waals surface area contributed by atoms with Gasteiger partial charge in [-0.3, -0.25) is 24.5 Å². The van der Waals surface area contributed by atoms with E-state index in [9.17, 15) is 23.3 Å². The second-order valence-electron chi connectivity index (χ2n) is 6.69. The fourth-order valence-electron chi connectivity index (χ4n) is 2.60. The molecule has 1 aromatic heterocycles. The Morgan fingerprint density at radius 1 is 1.19 bits per heavy atom. The summed E-state index contributed by atoms with van der Waals surface area (Å²) in [4.78, 5) is 23.2. The van der Waals surface area contributed by atoms with Gasteiger partial charge in [0.05, 0.1) is 15.5 Å². The zero-order valence-corrected chi connectivity index (χ0v) is 19.5. The average molecular weight is 494 g/mol. The molecule has 0 bridgehead atoms. The number of aromatic nitrogens is 2. The highest BCUT2D eigenvalue weighted by Gasteiger charge is 2.28. The van der Waals surface area contributed by atoms with Crippen molar-refractivity contribution in [1.29, 1.82) is 0 Å². The predicted molar refractivity (Wildman–Crippen MR) is 124 cm³/mol. The van der Waals surface area contributed by atoms with Crippen LogP contribution < -0.4 is 9.62 Å². The fourth-order valence-corrected chi connectivity index (χ4v) is 6.02. The molecule has 0 aliphatic rings. The summed E-state index contributed by atoms with van der Waals surface area (Å²) in [6.45, 7) is 3.38. The molecule has 2 aromatic carbocycles. The fraction of sp³-hybridized carbons (Fsp3) is 0.211. The van der Waals surface area contributed by atoms with Crippen molar-refractivity contribution < 1.29 is 18.1 Å². The Bertz CT molecular complexity index is 1210. The van der Waals surface area contributed by atoms with E-state index in [0.29, 0.717) is 4.34 Å².